The predicted molar refractivity (Wildman–Crippen MR) is 130 cm³/mol. The van der Waals surface area contributed by atoms with Crippen molar-refractivity contribution in [2.75, 3.05) is 6.61 Å². The third-order valence-electron chi connectivity index (χ3n) is 5.49. The standard InChI is InChI=1S/C28H38O4/c1-2-3-4-5-6-7-8-9-10-14-23-31-27(29)21-22-28(30)32-26-19-17-25(18-20-26)24-15-12-11-13-16-24/h11-13,15-20H,2-10,14,21-23H2,1H3. The topological polar surface area (TPSA) is 52.6 Å². The zero-order chi connectivity index (χ0) is 22.9. The maximum Gasteiger partial charge on any atom is 0.311 e. The molecule has 0 N–H and O–H groups in total. The lowest BCUT2D eigenvalue weighted by atomic mass is 10.1. The molecule has 2 rings (SSSR count). The molecule has 0 unspecified atom stereocenters. The van der Waals surface area contributed by atoms with Crippen LogP contribution in [0.4, 0.5) is 0 Å². The summed E-state index contributed by atoms with van der Waals surface area (Å²) in [6.07, 6.45) is 12.5. The molecule has 0 saturated carbocycles. The smallest absolute Gasteiger partial charge is 0.311 e. The lowest BCUT2D eigenvalue weighted by Gasteiger charge is -2.07. The molecule has 0 saturated heterocycles. The van der Waals surface area contributed by atoms with E-state index in [4.69, 9.17) is 9.47 Å². The molecule has 2 aromatic carbocycles. The van der Waals surface area contributed by atoms with Crippen molar-refractivity contribution in [2.24, 2.45) is 0 Å². The minimum atomic E-state index is -0.423. The summed E-state index contributed by atoms with van der Waals surface area (Å²) in [6, 6.07) is 17.4. The molecule has 2 aromatic rings. The molecule has 0 amide bonds. The van der Waals surface area contributed by atoms with Gasteiger partial charge in [0.25, 0.3) is 0 Å². The molecular formula is C28H38O4. The lowest BCUT2D eigenvalue weighted by Crippen LogP contribution is -2.12. The van der Waals surface area contributed by atoms with Crippen LogP contribution in [0.25, 0.3) is 11.1 Å². The van der Waals surface area contributed by atoms with Crippen LogP contribution in [0.2, 0.25) is 0 Å². The highest BCUT2D eigenvalue weighted by molar-refractivity contribution is 5.79. The first-order valence-electron chi connectivity index (χ1n) is 12.2. The number of rotatable bonds is 16. The van der Waals surface area contributed by atoms with E-state index in [1.54, 1.807) is 12.1 Å². The summed E-state index contributed by atoms with van der Waals surface area (Å²) < 4.78 is 10.6. The van der Waals surface area contributed by atoms with Gasteiger partial charge in [-0.25, -0.2) is 0 Å². The molecule has 174 valence electrons. The summed E-state index contributed by atoms with van der Waals surface area (Å²) >= 11 is 0. The highest BCUT2D eigenvalue weighted by Crippen LogP contribution is 2.22. The largest absolute Gasteiger partial charge is 0.466 e. The van der Waals surface area contributed by atoms with Crippen LogP contribution < -0.4 is 4.74 Å². The van der Waals surface area contributed by atoms with E-state index in [9.17, 15) is 9.59 Å². The Kier molecular flexibility index (Phi) is 12.9. The Morgan fingerprint density at radius 3 is 1.78 bits per heavy atom. The zero-order valence-electron chi connectivity index (χ0n) is 19.5. The van der Waals surface area contributed by atoms with E-state index in [1.165, 1.54) is 51.4 Å². The van der Waals surface area contributed by atoms with Crippen LogP contribution in [0, 0.1) is 0 Å². The second kappa shape index (κ2) is 16.1. The van der Waals surface area contributed by atoms with E-state index in [0.717, 1.165) is 24.0 Å². The molecule has 0 aromatic heterocycles. The van der Waals surface area contributed by atoms with Crippen LogP contribution in [0.5, 0.6) is 5.75 Å². The number of hydrogen-bond donors (Lipinski definition) is 0. The molecule has 0 fully saturated rings. The SMILES string of the molecule is CCCCCCCCCCCCOC(=O)CCC(=O)Oc1ccc(-c2ccccc2)cc1. The average Bonchev–Trinajstić information content (AvgIpc) is 2.82. The molecule has 0 heterocycles. The fourth-order valence-electron chi connectivity index (χ4n) is 3.58. The third kappa shape index (κ3) is 11.1. The molecule has 0 spiro atoms. The average molecular weight is 439 g/mol. The molecule has 0 aliphatic rings. The fraction of sp³-hybridized carbons (Fsp3) is 0.500. The maximum atomic E-state index is 12.0. The van der Waals surface area contributed by atoms with Crippen LogP contribution in [-0.4, -0.2) is 18.5 Å². The van der Waals surface area contributed by atoms with Crippen LogP contribution in [0.15, 0.2) is 54.6 Å². The molecule has 32 heavy (non-hydrogen) atoms. The zero-order valence-corrected chi connectivity index (χ0v) is 19.5. The fourth-order valence-corrected chi connectivity index (χ4v) is 3.58. The molecule has 0 radical (unpaired) electrons. The number of esters is 2. The van der Waals surface area contributed by atoms with Gasteiger partial charge in [-0.05, 0) is 29.7 Å². The van der Waals surface area contributed by atoms with Crippen LogP contribution in [0.1, 0.15) is 84.0 Å². The van der Waals surface area contributed by atoms with E-state index < -0.39 is 5.97 Å². The summed E-state index contributed by atoms with van der Waals surface area (Å²) in [7, 11) is 0. The molecule has 0 aliphatic heterocycles. The Morgan fingerprint density at radius 1 is 0.625 bits per heavy atom. The monoisotopic (exact) mass is 438 g/mol. The van der Waals surface area contributed by atoms with Gasteiger partial charge in [0, 0.05) is 0 Å². The summed E-state index contributed by atoms with van der Waals surface area (Å²) in [5.74, 6) is -0.279. The lowest BCUT2D eigenvalue weighted by molar-refractivity contribution is -0.147. The predicted octanol–water partition coefficient (Wildman–Crippen LogP) is 7.50. The van der Waals surface area contributed by atoms with E-state index >= 15 is 0 Å². The number of ether oxygens (including phenoxy) is 2. The Labute approximate surface area is 193 Å². The summed E-state index contributed by atoms with van der Waals surface area (Å²) in [4.78, 5) is 23.8. The number of hydrogen-bond acceptors (Lipinski definition) is 4. The van der Waals surface area contributed by atoms with Crippen molar-refractivity contribution in [1.29, 1.82) is 0 Å². The van der Waals surface area contributed by atoms with Crippen molar-refractivity contribution >= 4 is 11.9 Å². The normalized spacial score (nSPS) is 10.7. The van der Waals surface area contributed by atoms with Gasteiger partial charge >= 0.3 is 11.9 Å². The Bertz CT molecular complexity index is 768. The number of unbranched alkanes of at least 4 members (excludes halogenated alkanes) is 9. The molecule has 0 bridgehead atoms. The molecule has 0 aliphatic carbocycles. The van der Waals surface area contributed by atoms with Crippen molar-refractivity contribution in [3.8, 4) is 16.9 Å². The second-order valence-electron chi connectivity index (χ2n) is 8.27. The highest BCUT2D eigenvalue weighted by atomic mass is 16.5. The van der Waals surface area contributed by atoms with E-state index in [-0.39, 0.29) is 18.8 Å². The van der Waals surface area contributed by atoms with Gasteiger partial charge in [-0.2, -0.15) is 0 Å². The summed E-state index contributed by atoms with van der Waals surface area (Å²) in [6.45, 7) is 2.68. The van der Waals surface area contributed by atoms with Gasteiger partial charge in [-0.15, -0.1) is 0 Å². The van der Waals surface area contributed by atoms with Gasteiger partial charge in [-0.1, -0.05) is 107 Å². The summed E-state index contributed by atoms with van der Waals surface area (Å²) in [5.41, 5.74) is 2.16. The molecular weight excluding hydrogens is 400 g/mol. The van der Waals surface area contributed by atoms with Crippen molar-refractivity contribution in [2.45, 2.75) is 84.0 Å². The third-order valence-corrected chi connectivity index (χ3v) is 5.49. The van der Waals surface area contributed by atoms with Crippen LogP contribution in [-0.2, 0) is 14.3 Å². The number of carbonyl (C=O) groups is 2. The minimum Gasteiger partial charge on any atom is -0.466 e. The summed E-state index contributed by atoms with van der Waals surface area (Å²) in [5, 5.41) is 0. The van der Waals surface area contributed by atoms with Crippen molar-refractivity contribution in [1.82, 2.24) is 0 Å². The second-order valence-corrected chi connectivity index (χ2v) is 8.27. The highest BCUT2D eigenvalue weighted by Gasteiger charge is 2.10. The molecule has 0 atom stereocenters. The van der Waals surface area contributed by atoms with Crippen LogP contribution in [0.3, 0.4) is 0 Å². The number of carbonyl (C=O) groups excluding carboxylic acids is 2. The van der Waals surface area contributed by atoms with E-state index in [2.05, 4.69) is 6.92 Å². The van der Waals surface area contributed by atoms with Gasteiger partial charge in [0.1, 0.15) is 5.75 Å². The Hall–Kier alpha value is -2.62. The van der Waals surface area contributed by atoms with Gasteiger partial charge in [0.2, 0.25) is 0 Å². The number of benzene rings is 2. The van der Waals surface area contributed by atoms with Gasteiger partial charge in [-0.3, -0.25) is 9.59 Å². The molecule has 4 heteroatoms. The van der Waals surface area contributed by atoms with E-state index in [1.807, 2.05) is 42.5 Å². The first kappa shape index (κ1) is 25.6. The first-order chi connectivity index (χ1) is 15.7. The van der Waals surface area contributed by atoms with Gasteiger partial charge in [0.15, 0.2) is 0 Å². The van der Waals surface area contributed by atoms with Gasteiger partial charge in [0.05, 0.1) is 19.4 Å². The quantitative estimate of drug-likeness (QED) is 0.155. The Morgan fingerprint density at radius 2 is 1.16 bits per heavy atom. The van der Waals surface area contributed by atoms with E-state index in [0.29, 0.717) is 12.4 Å². The van der Waals surface area contributed by atoms with Crippen molar-refractivity contribution in [3.05, 3.63) is 54.6 Å². The van der Waals surface area contributed by atoms with Crippen molar-refractivity contribution in [3.63, 3.8) is 0 Å². The van der Waals surface area contributed by atoms with Gasteiger partial charge < -0.3 is 9.47 Å². The molecule has 4 nitrogen and oxygen atoms in total. The minimum absolute atomic E-state index is 0.0251. The van der Waals surface area contributed by atoms with Crippen molar-refractivity contribution < 1.29 is 19.1 Å². The Balaban J connectivity index is 1.50. The first-order valence-corrected chi connectivity index (χ1v) is 12.2. The maximum absolute atomic E-state index is 12.0. The van der Waals surface area contributed by atoms with Crippen LogP contribution >= 0.6 is 0 Å².